The van der Waals surface area contributed by atoms with Gasteiger partial charge >= 0.3 is 0 Å². The zero-order valence-corrected chi connectivity index (χ0v) is 10.7. The van der Waals surface area contributed by atoms with Gasteiger partial charge in [-0.25, -0.2) is 0 Å². The molecule has 2 heteroatoms. The minimum absolute atomic E-state index is 0.0591. The van der Waals surface area contributed by atoms with Crippen molar-refractivity contribution in [3.8, 4) is 0 Å². The van der Waals surface area contributed by atoms with E-state index in [-0.39, 0.29) is 12.1 Å². The van der Waals surface area contributed by atoms with E-state index in [1.165, 1.54) is 0 Å². The summed E-state index contributed by atoms with van der Waals surface area (Å²) in [7, 11) is 0. The van der Waals surface area contributed by atoms with Crippen molar-refractivity contribution in [2.24, 2.45) is 5.92 Å². The molecular weight excluding hydrogens is 186 g/mol. The highest BCUT2D eigenvalue weighted by Gasteiger charge is 2.24. The molecule has 2 N–H and O–H groups in total. The maximum atomic E-state index is 9.03. The van der Waals surface area contributed by atoms with Crippen molar-refractivity contribution >= 4 is 0 Å². The van der Waals surface area contributed by atoms with Crippen molar-refractivity contribution in [1.29, 1.82) is 0 Å². The topological polar surface area (TPSA) is 32.3 Å². The lowest BCUT2D eigenvalue weighted by Crippen LogP contribution is -2.49. The van der Waals surface area contributed by atoms with Gasteiger partial charge in [0, 0.05) is 18.2 Å². The lowest BCUT2D eigenvalue weighted by atomic mass is 9.90. The first-order valence-corrected chi connectivity index (χ1v) is 5.98. The van der Waals surface area contributed by atoms with Crippen LogP contribution in [0, 0.1) is 5.92 Å². The Hall–Kier alpha value is -0.340. The largest absolute Gasteiger partial charge is 0.396 e. The minimum Gasteiger partial charge on any atom is -0.396 e. The fourth-order valence-corrected chi connectivity index (χ4v) is 1.76. The normalized spacial score (nSPS) is 19.3. The SMILES string of the molecule is C=CCC(C)C(C)NC(C)(CC)CCO. The van der Waals surface area contributed by atoms with Gasteiger partial charge in [-0.1, -0.05) is 19.9 Å². The van der Waals surface area contributed by atoms with Crippen molar-refractivity contribution in [2.75, 3.05) is 6.61 Å². The van der Waals surface area contributed by atoms with Crippen LogP contribution in [-0.2, 0) is 0 Å². The van der Waals surface area contributed by atoms with Gasteiger partial charge in [0.05, 0.1) is 0 Å². The van der Waals surface area contributed by atoms with Gasteiger partial charge in [-0.3, -0.25) is 0 Å². The predicted octanol–water partition coefficient (Wildman–Crippen LogP) is 2.73. The summed E-state index contributed by atoms with van der Waals surface area (Å²) < 4.78 is 0. The molecule has 0 rings (SSSR count). The van der Waals surface area contributed by atoms with Gasteiger partial charge in [0.15, 0.2) is 0 Å². The van der Waals surface area contributed by atoms with E-state index in [2.05, 4.69) is 39.6 Å². The van der Waals surface area contributed by atoms with Crippen LogP contribution >= 0.6 is 0 Å². The average Bonchev–Trinajstić information content (AvgIpc) is 2.18. The van der Waals surface area contributed by atoms with Gasteiger partial charge in [0.25, 0.3) is 0 Å². The van der Waals surface area contributed by atoms with E-state index in [4.69, 9.17) is 5.11 Å². The maximum absolute atomic E-state index is 9.03. The Morgan fingerprint density at radius 1 is 1.47 bits per heavy atom. The Morgan fingerprint density at radius 2 is 2.07 bits per heavy atom. The fraction of sp³-hybridized carbons (Fsp3) is 0.846. The summed E-state index contributed by atoms with van der Waals surface area (Å²) in [5.74, 6) is 0.590. The van der Waals surface area contributed by atoms with Crippen LogP contribution in [0.4, 0.5) is 0 Å². The van der Waals surface area contributed by atoms with Gasteiger partial charge in [-0.15, -0.1) is 6.58 Å². The maximum Gasteiger partial charge on any atom is 0.0448 e. The highest BCUT2D eigenvalue weighted by Crippen LogP contribution is 2.18. The molecule has 0 heterocycles. The highest BCUT2D eigenvalue weighted by atomic mass is 16.3. The van der Waals surface area contributed by atoms with Crippen molar-refractivity contribution < 1.29 is 5.11 Å². The molecule has 3 unspecified atom stereocenters. The van der Waals surface area contributed by atoms with Gasteiger partial charge in [-0.05, 0) is 39.0 Å². The van der Waals surface area contributed by atoms with Gasteiger partial charge in [-0.2, -0.15) is 0 Å². The van der Waals surface area contributed by atoms with Crippen LogP contribution in [0.15, 0.2) is 12.7 Å². The van der Waals surface area contributed by atoms with E-state index in [0.717, 1.165) is 19.3 Å². The number of rotatable bonds is 8. The Kier molecular flexibility index (Phi) is 6.86. The summed E-state index contributed by atoms with van der Waals surface area (Å²) in [5.41, 5.74) is 0.0591. The Morgan fingerprint density at radius 3 is 2.47 bits per heavy atom. The molecule has 0 bridgehead atoms. The van der Waals surface area contributed by atoms with Crippen molar-refractivity contribution in [2.45, 2.75) is 58.5 Å². The second-order valence-corrected chi connectivity index (χ2v) is 4.82. The van der Waals surface area contributed by atoms with Crippen LogP contribution in [0.1, 0.15) is 47.0 Å². The van der Waals surface area contributed by atoms with Crippen LogP contribution in [0.3, 0.4) is 0 Å². The van der Waals surface area contributed by atoms with E-state index in [1.54, 1.807) is 0 Å². The highest BCUT2D eigenvalue weighted by molar-refractivity contribution is 4.87. The molecule has 3 atom stereocenters. The van der Waals surface area contributed by atoms with E-state index in [9.17, 15) is 0 Å². The standard InChI is InChI=1S/C13H27NO/c1-6-8-11(3)12(4)14-13(5,7-2)9-10-15/h6,11-12,14-15H,1,7-10H2,2-5H3. The molecule has 0 saturated heterocycles. The predicted molar refractivity (Wildman–Crippen MR) is 67.0 cm³/mol. The molecule has 0 aromatic carbocycles. The van der Waals surface area contributed by atoms with Crippen LogP contribution in [0.5, 0.6) is 0 Å². The Balaban J connectivity index is 4.21. The molecule has 0 amide bonds. The van der Waals surface area contributed by atoms with Crippen LogP contribution < -0.4 is 5.32 Å². The molecular formula is C13H27NO. The second-order valence-electron chi connectivity index (χ2n) is 4.82. The third-order valence-corrected chi connectivity index (χ3v) is 3.41. The van der Waals surface area contributed by atoms with Crippen LogP contribution in [-0.4, -0.2) is 23.3 Å². The minimum atomic E-state index is 0.0591. The molecule has 0 spiro atoms. The number of aliphatic hydroxyl groups excluding tert-OH is 1. The first-order valence-electron chi connectivity index (χ1n) is 5.98. The summed E-state index contributed by atoms with van der Waals surface area (Å²) in [5, 5.41) is 12.7. The number of hydrogen-bond donors (Lipinski definition) is 2. The Bertz CT molecular complexity index is 181. The van der Waals surface area contributed by atoms with Crippen molar-refractivity contribution in [3.63, 3.8) is 0 Å². The molecule has 2 nitrogen and oxygen atoms in total. The Labute approximate surface area is 94.8 Å². The first kappa shape index (κ1) is 14.7. The molecule has 0 saturated carbocycles. The molecule has 0 aromatic heterocycles. The van der Waals surface area contributed by atoms with Gasteiger partial charge in [0.2, 0.25) is 0 Å². The number of nitrogens with one attached hydrogen (secondary N) is 1. The monoisotopic (exact) mass is 213 g/mol. The third kappa shape index (κ3) is 5.33. The van der Waals surface area contributed by atoms with E-state index < -0.39 is 0 Å². The second kappa shape index (κ2) is 7.02. The third-order valence-electron chi connectivity index (χ3n) is 3.41. The van der Waals surface area contributed by atoms with Crippen molar-refractivity contribution in [3.05, 3.63) is 12.7 Å². The van der Waals surface area contributed by atoms with Gasteiger partial charge in [0.1, 0.15) is 0 Å². The molecule has 0 aliphatic carbocycles. The summed E-state index contributed by atoms with van der Waals surface area (Å²) in [6.45, 7) is 12.8. The zero-order valence-electron chi connectivity index (χ0n) is 10.7. The molecule has 0 aliphatic rings. The molecule has 0 aromatic rings. The smallest absolute Gasteiger partial charge is 0.0448 e. The van der Waals surface area contributed by atoms with Crippen LogP contribution in [0.25, 0.3) is 0 Å². The summed E-state index contributed by atoms with van der Waals surface area (Å²) in [6.07, 6.45) is 4.86. The number of hydrogen-bond acceptors (Lipinski definition) is 2. The lowest BCUT2D eigenvalue weighted by molar-refractivity contribution is 0.191. The first-order chi connectivity index (χ1) is 6.99. The average molecular weight is 213 g/mol. The summed E-state index contributed by atoms with van der Waals surface area (Å²) >= 11 is 0. The molecule has 0 aliphatic heterocycles. The zero-order chi connectivity index (χ0) is 11.9. The van der Waals surface area contributed by atoms with Crippen LogP contribution in [0.2, 0.25) is 0 Å². The molecule has 0 fully saturated rings. The van der Waals surface area contributed by atoms with E-state index in [1.807, 2.05) is 6.08 Å². The quantitative estimate of drug-likeness (QED) is 0.608. The molecule has 90 valence electrons. The summed E-state index contributed by atoms with van der Waals surface area (Å²) in [4.78, 5) is 0. The lowest BCUT2D eigenvalue weighted by Gasteiger charge is -2.35. The van der Waals surface area contributed by atoms with E-state index in [0.29, 0.717) is 12.0 Å². The number of aliphatic hydroxyl groups is 1. The molecule has 15 heavy (non-hydrogen) atoms. The van der Waals surface area contributed by atoms with E-state index >= 15 is 0 Å². The molecule has 0 radical (unpaired) electrons. The number of allylic oxidation sites excluding steroid dienone is 1. The van der Waals surface area contributed by atoms with Crippen molar-refractivity contribution in [1.82, 2.24) is 5.32 Å². The fourth-order valence-electron chi connectivity index (χ4n) is 1.76. The summed E-state index contributed by atoms with van der Waals surface area (Å²) in [6, 6.07) is 0.458. The van der Waals surface area contributed by atoms with Gasteiger partial charge < -0.3 is 10.4 Å².